The summed E-state index contributed by atoms with van der Waals surface area (Å²) in [6.07, 6.45) is 3.38. The second kappa shape index (κ2) is 6.48. The number of hydrogen-bond acceptors (Lipinski definition) is 3. The molecule has 88 valence electrons. The number of halogens is 1. The molecule has 0 bridgehead atoms. The van der Waals surface area contributed by atoms with Crippen molar-refractivity contribution in [1.29, 1.82) is 0 Å². The van der Waals surface area contributed by atoms with Crippen molar-refractivity contribution >= 4 is 27.5 Å². The number of carbonyl (C=O) groups is 1. The molecule has 1 heterocycles. The molecule has 0 aromatic carbocycles. The van der Waals surface area contributed by atoms with E-state index in [0.717, 1.165) is 10.2 Å². The summed E-state index contributed by atoms with van der Waals surface area (Å²) in [5.41, 5.74) is 0.828. The third-order valence-corrected chi connectivity index (χ3v) is 2.30. The van der Waals surface area contributed by atoms with Crippen LogP contribution in [0.1, 0.15) is 13.8 Å². The number of hydrogen-bond donors (Lipinski definition) is 2. The summed E-state index contributed by atoms with van der Waals surface area (Å²) < 4.78 is 0.889. The molecular formula is C11H16BrN3O. The van der Waals surface area contributed by atoms with E-state index in [1.165, 1.54) is 0 Å². The zero-order valence-corrected chi connectivity index (χ0v) is 11.0. The maximum absolute atomic E-state index is 11.4. The van der Waals surface area contributed by atoms with Crippen LogP contribution in [-0.4, -0.2) is 24.0 Å². The molecule has 0 spiro atoms. The Balaban J connectivity index is 2.31. The number of aromatic nitrogens is 1. The molecule has 1 rings (SSSR count). The monoisotopic (exact) mass is 285 g/mol. The van der Waals surface area contributed by atoms with E-state index in [1.807, 2.05) is 6.07 Å². The van der Waals surface area contributed by atoms with Gasteiger partial charge in [-0.1, -0.05) is 13.8 Å². The van der Waals surface area contributed by atoms with Gasteiger partial charge in [-0.25, -0.2) is 0 Å². The lowest BCUT2D eigenvalue weighted by atomic mass is 10.2. The van der Waals surface area contributed by atoms with Gasteiger partial charge in [0.1, 0.15) is 0 Å². The molecule has 1 amide bonds. The lowest BCUT2D eigenvalue weighted by molar-refractivity contribution is -0.119. The van der Waals surface area contributed by atoms with Gasteiger partial charge >= 0.3 is 0 Å². The quantitative estimate of drug-likeness (QED) is 0.870. The third kappa shape index (κ3) is 5.11. The van der Waals surface area contributed by atoms with E-state index < -0.39 is 0 Å². The van der Waals surface area contributed by atoms with Crippen molar-refractivity contribution in [3.8, 4) is 0 Å². The Bertz CT molecular complexity index is 355. The number of nitrogens with one attached hydrogen (secondary N) is 2. The van der Waals surface area contributed by atoms with E-state index in [2.05, 4.69) is 45.4 Å². The maximum atomic E-state index is 11.4. The van der Waals surface area contributed by atoms with Crippen LogP contribution < -0.4 is 10.6 Å². The molecule has 0 saturated carbocycles. The van der Waals surface area contributed by atoms with Crippen LogP contribution in [0, 0.1) is 5.92 Å². The highest BCUT2D eigenvalue weighted by Crippen LogP contribution is 2.12. The summed E-state index contributed by atoms with van der Waals surface area (Å²) >= 11 is 3.32. The number of carbonyl (C=O) groups excluding carboxylic acids is 1. The predicted octanol–water partition coefficient (Wildman–Crippen LogP) is 2.03. The topological polar surface area (TPSA) is 54.0 Å². The Labute approximate surface area is 104 Å². The molecule has 0 atom stereocenters. The standard InChI is InChI=1S/C11H16BrN3O/c1-8(2)4-15-11(16)7-14-10-3-9(12)5-13-6-10/h3,5-6,8,14H,4,7H2,1-2H3,(H,15,16). The Morgan fingerprint density at radius 2 is 2.25 bits per heavy atom. The Morgan fingerprint density at radius 3 is 2.88 bits per heavy atom. The van der Waals surface area contributed by atoms with Crippen LogP contribution in [0.5, 0.6) is 0 Å². The van der Waals surface area contributed by atoms with E-state index in [4.69, 9.17) is 0 Å². The molecular weight excluding hydrogens is 270 g/mol. The van der Waals surface area contributed by atoms with Gasteiger partial charge in [0.05, 0.1) is 18.4 Å². The molecule has 0 aliphatic heterocycles. The van der Waals surface area contributed by atoms with Gasteiger partial charge in [-0.3, -0.25) is 9.78 Å². The van der Waals surface area contributed by atoms with E-state index in [1.54, 1.807) is 12.4 Å². The molecule has 0 fully saturated rings. The summed E-state index contributed by atoms with van der Waals surface area (Å²) in [4.78, 5) is 15.4. The van der Waals surface area contributed by atoms with Crippen LogP contribution in [-0.2, 0) is 4.79 Å². The first-order valence-corrected chi connectivity index (χ1v) is 5.98. The van der Waals surface area contributed by atoms with Gasteiger partial charge in [-0.05, 0) is 27.9 Å². The number of nitrogens with zero attached hydrogens (tertiary/aromatic N) is 1. The van der Waals surface area contributed by atoms with Crippen molar-refractivity contribution in [2.45, 2.75) is 13.8 Å². The van der Waals surface area contributed by atoms with Crippen LogP contribution in [0.2, 0.25) is 0 Å². The molecule has 0 aliphatic rings. The fourth-order valence-electron chi connectivity index (χ4n) is 1.07. The summed E-state index contributed by atoms with van der Waals surface area (Å²) in [7, 11) is 0. The summed E-state index contributed by atoms with van der Waals surface area (Å²) in [5, 5.41) is 5.84. The predicted molar refractivity (Wildman–Crippen MR) is 68.3 cm³/mol. The van der Waals surface area contributed by atoms with Crippen LogP contribution in [0.3, 0.4) is 0 Å². The fourth-order valence-corrected chi connectivity index (χ4v) is 1.44. The molecule has 5 heteroatoms. The van der Waals surface area contributed by atoms with Gasteiger partial charge in [0.2, 0.25) is 5.91 Å². The lowest BCUT2D eigenvalue weighted by Gasteiger charge is -2.09. The summed E-state index contributed by atoms with van der Waals surface area (Å²) in [5.74, 6) is 0.463. The minimum Gasteiger partial charge on any atom is -0.375 e. The molecule has 1 aromatic heterocycles. The molecule has 0 aliphatic carbocycles. The first-order valence-electron chi connectivity index (χ1n) is 5.19. The van der Waals surface area contributed by atoms with Crippen molar-refractivity contribution in [2.75, 3.05) is 18.4 Å². The first-order chi connectivity index (χ1) is 7.58. The van der Waals surface area contributed by atoms with Crippen molar-refractivity contribution < 1.29 is 4.79 Å². The number of pyridine rings is 1. The average Bonchev–Trinajstić information content (AvgIpc) is 2.23. The van der Waals surface area contributed by atoms with Gasteiger partial charge in [-0.2, -0.15) is 0 Å². The van der Waals surface area contributed by atoms with E-state index in [0.29, 0.717) is 12.5 Å². The van der Waals surface area contributed by atoms with Gasteiger partial charge in [0.25, 0.3) is 0 Å². The number of amides is 1. The minimum absolute atomic E-state index is 0.00586. The molecule has 0 unspecified atom stereocenters. The highest BCUT2D eigenvalue weighted by molar-refractivity contribution is 9.10. The third-order valence-electron chi connectivity index (χ3n) is 1.87. The van der Waals surface area contributed by atoms with Gasteiger partial charge in [0.15, 0.2) is 0 Å². The van der Waals surface area contributed by atoms with E-state index in [9.17, 15) is 4.79 Å². The van der Waals surface area contributed by atoms with Crippen LogP contribution >= 0.6 is 15.9 Å². The van der Waals surface area contributed by atoms with Crippen LogP contribution in [0.15, 0.2) is 22.9 Å². The largest absolute Gasteiger partial charge is 0.375 e. The number of rotatable bonds is 5. The second-order valence-electron chi connectivity index (χ2n) is 3.94. The van der Waals surface area contributed by atoms with E-state index >= 15 is 0 Å². The normalized spacial score (nSPS) is 10.2. The molecule has 2 N–H and O–H groups in total. The molecule has 0 saturated heterocycles. The smallest absolute Gasteiger partial charge is 0.239 e. The SMILES string of the molecule is CC(C)CNC(=O)CNc1cncc(Br)c1. The van der Waals surface area contributed by atoms with Crippen LogP contribution in [0.4, 0.5) is 5.69 Å². The van der Waals surface area contributed by atoms with Gasteiger partial charge < -0.3 is 10.6 Å². The average molecular weight is 286 g/mol. The summed E-state index contributed by atoms with van der Waals surface area (Å²) in [6.45, 7) is 5.10. The van der Waals surface area contributed by atoms with Crippen molar-refractivity contribution in [3.05, 3.63) is 22.9 Å². The van der Waals surface area contributed by atoms with Crippen molar-refractivity contribution in [1.82, 2.24) is 10.3 Å². The number of anilines is 1. The fraction of sp³-hybridized carbons (Fsp3) is 0.455. The van der Waals surface area contributed by atoms with Crippen molar-refractivity contribution in [2.24, 2.45) is 5.92 Å². The van der Waals surface area contributed by atoms with Crippen LogP contribution in [0.25, 0.3) is 0 Å². The van der Waals surface area contributed by atoms with Gasteiger partial charge in [0, 0.05) is 17.2 Å². The molecule has 0 radical (unpaired) electrons. The second-order valence-corrected chi connectivity index (χ2v) is 4.86. The highest BCUT2D eigenvalue weighted by atomic mass is 79.9. The van der Waals surface area contributed by atoms with Crippen molar-refractivity contribution in [3.63, 3.8) is 0 Å². The highest BCUT2D eigenvalue weighted by Gasteiger charge is 2.02. The summed E-state index contributed by atoms with van der Waals surface area (Å²) in [6, 6.07) is 1.88. The maximum Gasteiger partial charge on any atom is 0.239 e. The lowest BCUT2D eigenvalue weighted by Crippen LogP contribution is -2.32. The minimum atomic E-state index is -0.00586. The Hall–Kier alpha value is -1.10. The van der Waals surface area contributed by atoms with Gasteiger partial charge in [-0.15, -0.1) is 0 Å². The molecule has 4 nitrogen and oxygen atoms in total. The molecule has 1 aromatic rings. The zero-order valence-electron chi connectivity index (χ0n) is 9.46. The van der Waals surface area contributed by atoms with E-state index in [-0.39, 0.29) is 12.5 Å². The Morgan fingerprint density at radius 1 is 1.50 bits per heavy atom. The molecule has 16 heavy (non-hydrogen) atoms. The Kier molecular flexibility index (Phi) is 5.25. The zero-order chi connectivity index (χ0) is 12.0. The first kappa shape index (κ1) is 13.0.